The Labute approximate surface area is 93.9 Å². The van der Waals surface area contributed by atoms with Gasteiger partial charge in [-0.15, -0.1) is 0 Å². The van der Waals surface area contributed by atoms with Crippen LogP contribution in [0.1, 0.15) is 13.8 Å². The summed E-state index contributed by atoms with van der Waals surface area (Å²) >= 11 is 0. The molecule has 0 bridgehead atoms. The van der Waals surface area contributed by atoms with Gasteiger partial charge < -0.3 is 9.84 Å². The van der Waals surface area contributed by atoms with Crippen LogP contribution in [0.15, 0.2) is 12.7 Å². The van der Waals surface area contributed by atoms with Gasteiger partial charge in [0, 0.05) is 6.08 Å². The lowest BCUT2D eigenvalue weighted by Crippen LogP contribution is -2.61. The summed E-state index contributed by atoms with van der Waals surface area (Å²) in [7, 11) is 0. The van der Waals surface area contributed by atoms with Gasteiger partial charge in [-0.25, -0.2) is 4.79 Å². The first-order valence-electron chi connectivity index (χ1n) is 4.38. The number of hydrogen-bond donors (Lipinski definition) is 1. The number of halogens is 5. The Hall–Kier alpha value is -1.18. The molecule has 0 aromatic rings. The zero-order valence-electron chi connectivity index (χ0n) is 9.02. The van der Waals surface area contributed by atoms with Crippen LogP contribution in [-0.4, -0.2) is 34.9 Å². The fraction of sp³-hybridized carbons (Fsp3) is 0.667. The number of ether oxygens (including phenoxy) is 1. The van der Waals surface area contributed by atoms with Crippen molar-refractivity contribution in [3.63, 3.8) is 0 Å². The zero-order chi connectivity index (χ0) is 14.1. The predicted octanol–water partition coefficient (Wildman–Crippen LogP) is 2.05. The highest BCUT2D eigenvalue weighted by atomic mass is 19.4. The highest BCUT2D eigenvalue weighted by Gasteiger charge is 2.68. The van der Waals surface area contributed by atoms with E-state index in [0.29, 0.717) is 13.0 Å². The summed E-state index contributed by atoms with van der Waals surface area (Å²) in [6, 6.07) is 0. The molecule has 0 aliphatic rings. The minimum atomic E-state index is -5.56. The van der Waals surface area contributed by atoms with E-state index in [-0.39, 0.29) is 6.92 Å². The maximum atomic E-state index is 13.3. The Morgan fingerprint density at radius 2 is 1.76 bits per heavy atom. The van der Waals surface area contributed by atoms with Gasteiger partial charge in [-0.2, -0.15) is 22.0 Å². The van der Waals surface area contributed by atoms with Gasteiger partial charge in [-0.3, -0.25) is 0 Å². The molecule has 0 aliphatic heterocycles. The van der Waals surface area contributed by atoms with Gasteiger partial charge >= 0.3 is 18.1 Å². The summed E-state index contributed by atoms with van der Waals surface area (Å²) < 4.78 is 67.2. The third kappa shape index (κ3) is 2.93. The van der Waals surface area contributed by atoms with E-state index in [1.807, 2.05) is 0 Å². The SMILES string of the molecule is C=CC(=O)OC(C)C(F)(F)C(C)(O)C(F)(F)F. The van der Waals surface area contributed by atoms with E-state index < -0.39 is 29.8 Å². The summed E-state index contributed by atoms with van der Waals surface area (Å²) in [5.41, 5.74) is -4.30. The van der Waals surface area contributed by atoms with Crippen LogP contribution < -0.4 is 0 Å². The first-order chi connectivity index (χ1) is 7.38. The molecule has 100 valence electrons. The van der Waals surface area contributed by atoms with Crippen LogP contribution in [0.3, 0.4) is 0 Å². The molecule has 2 unspecified atom stereocenters. The molecular weight excluding hydrogens is 251 g/mol. The molecule has 8 heteroatoms. The van der Waals surface area contributed by atoms with Gasteiger partial charge in [-0.1, -0.05) is 6.58 Å². The predicted molar refractivity (Wildman–Crippen MR) is 47.4 cm³/mol. The van der Waals surface area contributed by atoms with Crippen LogP contribution in [0.5, 0.6) is 0 Å². The van der Waals surface area contributed by atoms with Gasteiger partial charge in [0.1, 0.15) is 0 Å². The van der Waals surface area contributed by atoms with Crippen LogP contribution in [0, 0.1) is 0 Å². The third-order valence-electron chi connectivity index (χ3n) is 2.17. The van der Waals surface area contributed by atoms with Crippen molar-refractivity contribution in [2.75, 3.05) is 0 Å². The topological polar surface area (TPSA) is 46.5 Å². The minimum absolute atomic E-state index is 0.0920. The van der Waals surface area contributed by atoms with E-state index in [0.717, 1.165) is 0 Å². The lowest BCUT2D eigenvalue weighted by Gasteiger charge is -2.36. The van der Waals surface area contributed by atoms with Crippen molar-refractivity contribution in [2.45, 2.75) is 37.7 Å². The second-order valence-corrected chi connectivity index (χ2v) is 3.48. The van der Waals surface area contributed by atoms with E-state index in [1.165, 1.54) is 0 Å². The highest BCUT2D eigenvalue weighted by Crippen LogP contribution is 2.44. The second kappa shape index (κ2) is 4.59. The highest BCUT2D eigenvalue weighted by molar-refractivity contribution is 5.81. The molecular formula is C9H11F5O3. The van der Waals surface area contributed by atoms with Crippen molar-refractivity contribution < 1.29 is 36.6 Å². The van der Waals surface area contributed by atoms with Gasteiger partial charge in [0.05, 0.1) is 0 Å². The van der Waals surface area contributed by atoms with Gasteiger partial charge in [0.2, 0.25) is 5.60 Å². The van der Waals surface area contributed by atoms with Crippen LogP contribution in [0.25, 0.3) is 0 Å². The Morgan fingerprint density at radius 3 is 2.06 bits per heavy atom. The molecule has 0 aromatic carbocycles. The Bertz CT molecular complexity index is 308. The Balaban J connectivity index is 5.12. The quantitative estimate of drug-likeness (QED) is 0.479. The molecule has 0 aromatic heterocycles. The standard InChI is InChI=1S/C9H11F5O3/c1-4-6(15)17-5(2)8(10,11)7(3,16)9(12,13)14/h4-5,16H,1H2,2-3H3. The Morgan fingerprint density at radius 1 is 1.35 bits per heavy atom. The van der Waals surface area contributed by atoms with Crippen molar-refractivity contribution in [3.8, 4) is 0 Å². The normalized spacial score (nSPS) is 18.1. The summed E-state index contributed by atoms with van der Waals surface area (Å²) in [5, 5.41) is 8.84. The van der Waals surface area contributed by atoms with E-state index in [1.54, 1.807) is 0 Å². The average molecular weight is 262 g/mol. The molecule has 0 radical (unpaired) electrons. The molecule has 0 rings (SSSR count). The molecule has 0 saturated carbocycles. The number of hydrogen-bond acceptors (Lipinski definition) is 3. The number of rotatable bonds is 4. The van der Waals surface area contributed by atoms with Crippen LogP contribution >= 0.6 is 0 Å². The molecule has 0 amide bonds. The lowest BCUT2D eigenvalue weighted by molar-refractivity contribution is -0.340. The molecule has 1 N–H and O–H groups in total. The van der Waals surface area contributed by atoms with Crippen LogP contribution in [-0.2, 0) is 9.53 Å². The van der Waals surface area contributed by atoms with Crippen LogP contribution in [0.2, 0.25) is 0 Å². The summed E-state index contributed by atoms with van der Waals surface area (Å²) in [5.74, 6) is -6.00. The second-order valence-electron chi connectivity index (χ2n) is 3.48. The van der Waals surface area contributed by atoms with Crippen LogP contribution in [0.4, 0.5) is 22.0 Å². The van der Waals surface area contributed by atoms with E-state index in [2.05, 4.69) is 11.3 Å². The number of esters is 1. The largest absolute Gasteiger partial charge is 0.453 e. The van der Waals surface area contributed by atoms with Gasteiger partial charge in [0.25, 0.3) is 0 Å². The average Bonchev–Trinajstić information content (AvgIpc) is 2.15. The fourth-order valence-electron chi connectivity index (χ4n) is 0.881. The number of carbonyl (C=O) groups excluding carboxylic acids is 1. The van der Waals surface area contributed by atoms with Gasteiger partial charge in [0.15, 0.2) is 6.10 Å². The van der Waals surface area contributed by atoms with Crippen molar-refractivity contribution in [1.82, 2.24) is 0 Å². The summed E-state index contributed by atoms with van der Waals surface area (Å²) in [6.45, 7) is 3.35. The van der Waals surface area contributed by atoms with Crippen molar-refractivity contribution in [3.05, 3.63) is 12.7 Å². The molecule has 2 atom stereocenters. The zero-order valence-corrected chi connectivity index (χ0v) is 9.02. The molecule has 0 fully saturated rings. The lowest BCUT2D eigenvalue weighted by atomic mass is 9.93. The monoisotopic (exact) mass is 262 g/mol. The number of aliphatic hydroxyl groups is 1. The smallest absolute Gasteiger partial charge is 0.423 e. The van der Waals surface area contributed by atoms with Crippen molar-refractivity contribution >= 4 is 5.97 Å². The molecule has 0 aliphatic carbocycles. The molecule has 0 saturated heterocycles. The molecule has 17 heavy (non-hydrogen) atoms. The van der Waals surface area contributed by atoms with Gasteiger partial charge in [-0.05, 0) is 13.8 Å². The van der Waals surface area contributed by atoms with E-state index in [4.69, 9.17) is 5.11 Å². The van der Waals surface area contributed by atoms with E-state index in [9.17, 15) is 26.7 Å². The first kappa shape index (κ1) is 15.8. The molecule has 0 heterocycles. The number of alkyl halides is 5. The first-order valence-corrected chi connectivity index (χ1v) is 4.38. The van der Waals surface area contributed by atoms with Crippen molar-refractivity contribution in [1.29, 1.82) is 0 Å². The van der Waals surface area contributed by atoms with E-state index >= 15 is 0 Å². The summed E-state index contributed by atoms with van der Waals surface area (Å²) in [4.78, 5) is 10.6. The third-order valence-corrected chi connectivity index (χ3v) is 2.17. The maximum absolute atomic E-state index is 13.3. The molecule has 3 nitrogen and oxygen atoms in total. The fourth-order valence-corrected chi connectivity index (χ4v) is 0.881. The molecule has 0 spiro atoms. The summed E-state index contributed by atoms with van der Waals surface area (Å²) in [6.07, 6.45) is -7.50. The Kier molecular flexibility index (Phi) is 4.28. The van der Waals surface area contributed by atoms with Crippen molar-refractivity contribution in [2.24, 2.45) is 0 Å². The minimum Gasteiger partial charge on any atom is -0.453 e. The maximum Gasteiger partial charge on any atom is 0.423 e. The number of carbonyl (C=O) groups is 1.